The molecule has 4 rings (SSSR count). The number of benzene rings is 1. The number of ether oxygens (including phenoxy) is 1. The number of rotatable bonds is 4. The summed E-state index contributed by atoms with van der Waals surface area (Å²) in [7, 11) is 0. The van der Waals surface area contributed by atoms with Crippen LogP contribution in [0.25, 0.3) is 11.3 Å². The fourth-order valence-corrected chi connectivity index (χ4v) is 4.41. The number of hydrogen-bond donors (Lipinski definition) is 1. The van der Waals surface area contributed by atoms with E-state index in [0.717, 1.165) is 36.6 Å². The van der Waals surface area contributed by atoms with Crippen molar-refractivity contribution in [2.75, 3.05) is 19.8 Å². The van der Waals surface area contributed by atoms with Crippen LogP contribution in [0.2, 0.25) is 0 Å². The lowest BCUT2D eigenvalue weighted by atomic mass is 9.79. The van der Waals surface area contributed by atoms with Gasteiger partial charge in [0.2, 0.25) is 5.89 Å². The Balaban J connectivity index is 1.49. The van der Waals surface area contributed by atoms with Crippen molar-refractivity contribution in [2.45, 2.75) is 51.3 Å². The zero-order valence-electron chi connectivity index (χ0n) is 15.6. The number of nitrogens with zero attached hydrogens (tertiary/aromatic N) is 2. The molecule has 0 amide bonds. The molecule has 3 heterocycles. The first-order chi connectivity index (χ1) is 12.5. The maximum atomic E-state index is 10.8. The van der Waals surface area contributed by atoms with E-state index in [1.807, 2.05) is 25.3 Å². The molecule has 1 N–H and O–H groups in total. The van der Waals surface area contributed by atoms with Crippen LogP contribution in [-0.2, 0) is 11.3 Å². The fraction of sp³-hybridized carbons (Fsp3) is 0.571. The first-order valence-electron chi connectivity index (χ1n) is 9.59. The molecule has 0 radical (unpaired) electrons. The molecule has 3 unspecified atom stereocenters. The maximum absolute atomic E-state index is 10.8. The predicted octanol–water partition coefficient (Wildman–Crippen LogP) is 3.40. The van der Waals surface area contributed by atoms with Gasteiger partial charge in [-0.15, -0.1) is 0 Å². The first kappa shape index (κ1) is 17.7. The van der Waals surface area contributed by atoms with Crippen molar-refractivity contribution in [3.05, 3.63) is 41.9 Å². The lowest BCUT2D eigenvalue weighted by Crippen LogP contribution is -2.52. The summed E-state index contributed by atoms with van der Waals surface area (Å²) in [5.41, 5.74) is 1.62. The lowest BCUT2D eigenvalue weighted by Gasteiger charge is -2.43. The van der Waals surface area contributed by atoms with E-state index in [-0.39, 0.29) is 5.92 Å². The van der Waals surface area contributed by atoms with Crippen molar-refractivity contribution in [1.29, 1.82) is 0 Å². The van der Waals surface area contributed by atoms with Crippen LogP contribution < -0.4 is 0 Å². The largest absolute Gasteiger partial charge is 0.439 e. The number of likely N-dealkylation sites (tertiary alicyclic amines) is 1. The van der Waals surface area contributed by atoms with Gasteiger partial charge in [-0.1, -0.05) is 24.3 Å². The van der Waals surface area contributed by atoms with Crippen LogP contribution in [0.3, 0.4) is 0 Å². The maximum Gasteiger partial charge on any atom is 0.209 e. The number of aliphatic hydroxyl groups is 1. The number of aryl methyl sites for hydroxylation is 1. The van der Waals surface area contributed by atoms with Gasteiger partial charge in [0.1, 0.15) is 0 Å². The average molecular weight is 356 g/mol. The standard InChI is InChI=1S/C21H28N2O3/c1-15-6-3-4-7-16(15)19-12-22-20(26-19)13-23-10-5-8-18(23)17-14-25-11-9-21(17,2)24/h3-4,6-7,12,17-18,24H,5,8-11,13-14H2,1-2H3. The topological polar surface area (TPSA) is 58.7 Å². The third-order valence-corrected chi connectivity index (χ3v) is 6.03. The number of aromatic nitrogens is 1. The first-order valence-corrected chi connectivity index (χ1v) is 9.59. The smallest absolute Gasteiger partial charge is 0.209 e. The Kier molecular flexibility index (Phi) is 4.86. The highest BCUT2D eigenvalue weighted by molar-refractivity contribution is 5.60. The molecule has 0 bridgehead atoms. The van der Waals surface area contributed by atoms with Crippen LogP contribution in [0.5, 0.6) is 0 Å². The molecule has 26 heavy (non-hydrogen) atoms. The lowest BCUT2D eigenvalue weighted by molar-refractivity contribution is -0.124. The monoisotopic (exact) mass is 356 g/mol. The van der Waals surface area contributed by atoms with E-state index in [4.69, 9.17) is 9.15 Å². The van der Waals surface area contributed by atoms with E-state index in [1.54, 1.807) is 0 Å². The van der Waals surface area contributed by atoms with Crippen molar-refractivity contribution in [2.24, 2.45) is 5.92 Å². The highest BCUT2D eigenvalue weighted by atomic mass is 16.5. The summed E-state index contributed by atoms with van der Waals surface area (Å²) in [6.07, 6.45) is 4.76. The molecule has 5 nitrogen and oxygen atoms in total. The molecule has 1 aromatic carbocycles. The Bertz CT molecular complexity index is 755. The van der Waals surface area contributed by atoms with Gasteiger partial charge in [-0.05, 0) is 45.2 Å². The van der Waals surface area contributed by atoms with E-state index in [1.165, 1.54) is 5.56 Å². The molecule has 2 fully saturated rings. The number of hydrogen-bond acceptors (Lipinski definition) is 5. The number of oxazole rings is 1. The van der Waals surface area contributed by atoms with Crippen LogP contribution in [-0.4, -0.2) is 46.4 Å². The van der Waals surface area contributed by atoms with Crippen molar-refractivity contribution >= 4 is 0 Å². The molecule has 0 saturated carbocycles. The Labute approximate surface area is 155 Å². The molecule has 0 spiro atoms. The van der Waals surface area contributed by atoms with E-state index in [0.29, 0.717) is 32.2 Å². The van der Waals surface area contributed by atoms with Crippen molar-refractivity contribution in [1.82, 2.24) is 9.88 Å². The van der Waals surface area contributed by atoms with Crippen LogP contribution in [0.15, 0.2) is 34.9 Å². The Morgan fingerprint density at radius 1 is 1.35 bits per heavy atom. The van der Waals surface area contributed by atoms with E-state index in [9.17, 15) is 5.11 Å². The minimum absolute atomic E-state index is 0.143. The molecular weight excluding hydrogens is 328 g/mol. The summed E-state index contributed by atoms with van der Waals surface area (Å²) in [6.45, 7) is 7.02. The van der Waals surface area contributed by atoms with Gasteiger partial charge in [0.15, 0.2) is 5.76 Å². The molecule has 2 saturated heterocycles. The Hall–Kier alpha value is -1.69. The average Bonchev–Trinajstić information content (AvgIpc) is 3.25. The van der Waals surface area contributed by atoms with Crippen LogP contribution in [0.1, 0.15) is 37.6 Å². The van der Waals surface area contributed by atoms with Gasteiger partial charge in [-0.3, -0.25) is 4.90 Å². The molecule has 1 aromatic heterocycles. The predicted molar refractivity (Wildman–Crippen MR) is 99.7 cm³/mol. The van der Waals surface area contributed by atoms with Gasteiger partial charge in [-0.2, -0.15) is 0 Å². The van der Waals surface area contributed by atoms with E-state index in [2.05, 4.69) is 28.9 Å². The van der Waals surface area contributed by atoms with Gasteiger partial charge in [0, 0.05) is 24.1 Å². The molecule has 2 aliphatic rings. The summed E-state index contributed by atoms with van der Waals surface area (Å²) >= 11 is 0. The van der Waals surface area contributed by atoms with Gasteiger partial charge in [0.05, 0.1) is 24.9 Å². The van der Waals surface area contributed by atoms with Gasteiger partial charge >= 0.3 is 0 Å². The Morgan fingerprint density at radius 2 is 2.19 bits per heavy atom. The normalized spacial score (nSPS) is 30.0. The summed E-state index contributed by atoms with van der Waals surface area (Å²) in [5, 5.41) is 10.8. The fourth-order valence-electron chi connectivity index (χ4n) is 4.41. The molecular formula is C21H28N2O3. The second-order valence-corrected chi connectivity index (χ2v) is 7.90. The zero-order valence-corrected chi connectivity index (χ0v) is 15.6. The van der Waals surface area contributed by atoms with Crippen molar-refractivity contribution < 1.29 is 14.3 Å². The van der Waals surface area contributed by atoms with Crippen molar-refractivity contribution in [3.8, 4) is 11.3 Å². The molecule has 3 atom stereocenters. The van der Waals surface area contributed by atoms with Gasteiger partial charge < -0.3 is 14.3 Å². The van der Waals surface area contributed by atoms with Gasteiger partial charge in [0.25, 0.3) is 0 Å². The van der Waals surface area contributed by atoms with Crippen molar-refractivity contribution in [3.63, 3.8) is 0 Å². The second-order valence-electron chi connectivity index (χ2n) is 7.90. The van der Waals surface area contributed by atoms with E-state index >= 15 is 0 Å². The highest BCUT2D eigenvalue weighted by Gasteiger charge is 2.44. The Morgan fingerprint density at radius 3 is 3.00 bits per heavy atom. The molecule has 140 valence electrons. The summed E-state index contributed by atoms with van der Waals surface area (Å²) in [5.74, 6) is 1.71. The molecule has 5 heteroatoms. The zero-order chi connectivity index (χ0) is 18.1. The molecule has 0 aliphatic carbocycles. The highest BCUT2D eigenvalue weighted by Crippen LogP contribution is 2.36. The molecule has 2 aromatic rings. The molecule has 2 aliphatic heterocycles. The summed E-state index contributed by atoms with van der Waals surface area (Å²) in [6, 6.07) is 8.52. The van der Waals surface area contributed by atoms with Gasteiger partial charge in [-0.25, -0.2) is 4.98 Å². The quantitative estimate of drug-likeness (QED) is 0.910. The third-order valence-electron chi connectivity index (χ3n) is 6.03. The third kappa shape index (κ3) is 3.43. The van der Waals surface area contributed by atoms with E-state index < -0.39 is 5.60 Å². The second kappa shape index (κ2) is 7.14. The minimum atomic E-state index is -0.658. The minimum Gasteiger partial charge on any atom is -0.439 e. The van der Waals surface area contributed by atoms with Crippen LogP contribution >= 0.6 is 0 Å². The SMILES string of the molecule is Cc1ccccc1-c1cnc(CN2CCCC2C2COCCC2(C)O)o1. The summed E-state index contributed by atoms with van der Waals surface area (Å²) in [4.78, 5) is 6.92. The van der Waals surface area contributed by atoms with Crippen LogP contribution in [0.4, 0.5) is 0 Å². The summed E-state index contributed by atoms with van der Waals surface area (Å²) < 4.78 is 11.7. The van der Waals surface area contributed by atoms with Crippen LogP contribution in [0, 0.1) is 12.8 Å².